The molecule has 3 aromatic heterocycles. The van der Waals surface area contributed by atoms with Crippen LogP contribution in [0, 0.1) is 0 Å². The molecule has 0 aliphatic heterocycles. The number of fused-ring (bicyclic) bond motifs is 1. The Morgan fingerprint density at radius 1 is 1.28 bits per heavy atom. The lowest BCUT2D eigenvalue weighted by atomic mass is 9.93. The summed E-state index contributed by atoms with van der Waals surface area (Å²) in [6, 6.07) is 8.11. The summed E-state index contributed by atoms with van der Waals surface area (Å²) in [5, 5.41) is 10.6. The zero-order valence-electron chi connectivity index (χ0n) is 20.7. The molecular formula is C23H27N7O2. The number of hydrogen-bond acceptors (Lipinski definition) is 7. The first kappa shape index (κ1) is 19.0. The summed E-state index contributed by atoms with van der Waals surface area (Å²) < 4.78 is 23.7. The second-order valence-corrected chi connectivity index (χ2v) is 8.86. The van der Waals surface area contributed by atoms with Crippen molar-refractivity contribution in [2.45, 2.75) is 52.3 Å². The lowest BCUT2D eigenvalue weighted by Crippen LogP contribution is -2.14. The van der Waals surface area contributed by atoms with Gasteiger partial charge in [0.1, 0.15) is 29.1 Å². The van der Waals surface area contributed by atoms with Crippen LogP contribution in [0.15, 0.2) is 41.2 Å². The molecule has 0 bridgehead atoms. The fraction of sp³-hybridized carbons (Fsp3) is 0.348. The molecule has 0 fully saturated rings. The highest BCUT2D eigenvalue weighted by Crippen LogP contribution is 2.30. The zero-order chi connectivity index (χ0) is 24.8. The quantitative estimate of drug-likeness (QED) is 0.486. The number of anilines is 2. The minimum absolute atomic E-state index is 0.1000. The van der Waals surface area contributed by atoms with Gasteiger partial charge in [-0.05, 0) is 5.56 Å². The average molecular weight is 436 g/mol. The fourth-order valence-electron chi connectivity index (χ4n) is 3.23. The maximum Gasteiger partial charge on any atom is 0.230 e. The lowest BCUT2D eigenvalue weighted by Gasteiger charge is -2.12. The molecule has 166 valence electrons. The number of carbonyl (C=O) groups excluding carboxylic acids is 1. The Hall–Kier alpha value is -3.75. The molecule has 0 aliphatic carbocycles. The maximum atomic E-state index is 12.7. The third-order valence-corrected chi connectivity index (χ3v) is 4.91. The number of nitrogens with zero attached hydrogens (tertiary/aromatic N) is 5. The van der Waals surface area contributed by atoms with Crippen molar-refractivity contribution in [1.82, 2.24) is 24.7 Å². The molecule has 9 nitrogen and oxygen atoms in total. The van der Waals surface area contributed by atoms with Crippen LogP contribution in [0.1, 0.15) is 60.4 Å². The van der Waals surface area contributed by atoms with E-state index in [9.17, 15) is 4.79 Å². The van der Waals surface area contributed by atoms with Crippen molar-refractivity contribution in [2.24, 2.45) is 0 Å². The third kappa shape index (κ3) is 4.18. The SMILES string of the molecule is [2H]C([2H])(C(=O)Nc1cc(C(C)(C)C)on1)c1ccc(-c2nc(C(C)C)n3ncnc(N)c23)cc1. The molecule has 0 aliphatic rings. The van der Waals surface area contributed by atoms with Gasteiger partial charge in [0.25, 0.3) is 0 Å². The first-order valence-electron chi connectivity index (χ1n) is 11.3. The van der Waals surface area contributed by atoms with Gasteiger partial charge in [-0.3, -0.25) is 4.79 Å². The van der Waals surface area contributed by atoms with Gasteiger partial charge in [-0.15, -0.1) is 0 Å². The average Bonchev–Trinajstić information content (AvgIpc) is 3.39. The van der Waals surface area contributed by atoms with Crippen LogP contribution in [-0.4, -0.2) is 30.6 Å². The Morgan fingerprint density at radius 2 is 2.00 bits per heavy atom. The van der Waals surface area contributed by atoms with E-state index in [1.807, 2.05) is 34.6 Å². The number of imidazole rings is 1. The second-order valence-electron chi connectivity index (χ2n) is 8.86. The van der Waals surface area contributed by atoms with Crippen molar-refractivity contribution >= 4 is 23.1 Å². The summed E-state index contributed by atoms with van der Waals surface area (Å²) in [6.07, 6.45) is -0.921. The van der Waals surface area contributed by atoms with E-state index in [0.717, 1.165) is 5.82 Å². The molecule has 1 aromatic carbocycles. The summed E-state index contributed by atoms with van der Waals surface area (Å²) in [7, 11) is 0. The number of nitrogens with two attached hydrogens (primary N) is 1. The molecule has 3 heterocycles. The molecule has 0 unspecified atom stereocenters. The van der Waals surface area contributed by atoms with E-state index in [0.29, 0.717) is 28.4 Å². The molecule has 4 rings (SSSR count). The number of nitrogen functional groups attached to an aromatic ring is 1. The van der Waals surface area contributed by atoms with Crippen LogP contribution in [-0.2, 0) is 16.6 Å². The van der Waals surface area contributed by atoms with Crippen LogP contribution in [0.25, 0.3) is 16.8 Å². The molecule has 0 atom stereocenters. The van der Waals surface area contributed by atoms with Crippen LogP contribution >= 0.6 is 0 Å². The summed E-state index contributed by atoms with van der Waals surface area (Å²) in [6.45, 7) is 9.87. The van der Waals surface area contributed by atoms with E-state index in [1.165, 1.54) is 6.33 Å². The predicted molar refractivity (Wildman–Crippen MR) is 122 cm³/mol. The largest absolute Gasteiger partial charge is 0.382 e. The van der Waals surface area contributed by atoms with Crippen molar-refractivity contribution in [3.8, 4) is 11.3 Å². The highest BCUT2D eigenvalue weighted by Gasteiger charge is 2.21. The molecular weight excluding hydrogens is 406 g/mol. The van der Waals surface area contributed by atoms with Gasteiger partial charge >= 0.3 is 0 Å². The first-order valence-corrected chi connectivity index (χ1v) is 10.3. The molecule has 4 aromatic rings. The van der Waals surface area contributed by atoms with Crippen LogP contribution in [0.4, 0.5) is 11.6 Å². The molecule has 0 saturated heterocycles. The second kappa shape index (κ2) is 8.07. The van der Waals surface area contributed by atoms with E-state index in [2.05, 4.69) is 20.6 Å². The van der Waals surface area contributed by atoms with Crippen LogP contribution in [0.2, 0.25) is 0 Å². The number of amides is 1. The van der Waals surface area contributed by atoms with Crippen LogP contribution < -0.4 is 11.1 Å². The van der Waals surface area contributed by atoms with Crippen molar-refractivity contribution in [3.05, 3.63) is 53.8 Å². The number of rotatable bonds is 5. The van der Waals surface area contributed by atoms with E-state index < -0.39 is 12.3 Å². The number of aromatic nitrogens is 5. The number of carbonyl (C=O) groups is 1. The first-order chi connectivity index (χ1) is 15.9. The van der Waals surface area contributed by atoms with E-state index in [-0.39, 0.29) is 22.7 Å². The Labute approximate surface area is 188 Å². The molecule has 1 amide bonds. The van der Waals surface area contributed by atoms with E-state index in [1.54, 1.807) is 34.8 Å². The van der Waals surface area contributed by atoms with Crippen LogP contribution in [0.3, 0.4) is 0 Å². The zero-order valence-corrected chi connectivity index (χ0v) is 18.7. The highest BCUT2D eigenvalue weighted by molar-refractivity contribution is 5.91. The number of nitrogens with one attached hydrogen (secondary N) is 1. The molecule has 0 radical (unpaired) electrons. The highest BCUT2D eigenvalue weighted by atomic mass is 16.5. The van der Waals surface area contributed by atoms with Crippen molar-refractivity contribution in [1.29, 1.82) is 0 Å². The fourth-order valence-corrected chi connectivity index (χ4v) is 3.23. The number of hydrogen-bond donors (Lipinski definition) is 2. The van der Waals surface area contributed by atoms with Gasteiger partial charge in [0, 0.05) is 25.7 Å². The topological polar surface area (TPSA) is 124 Å². The summed E-state index contributed by atoms with van der Waals surface area (Å²) in [5.74, 6) is 1.04. The smallest absolute Gasteiger partial charge is 0.230 e. The van der Waals surface area contributed by atoms with E-state index in [4.69, 9.17) is 18.0 Å². The van der Waals surface area contributed by atoms with E-state index >= 15 is 0 Å². The van der Waals surface area contributed by atoms with Crippen molar-refractivity contribution in [3.63, 3.8) is 0 Å². The minimum atomic E-state index is -2.30. The van der Waals surface area contributed by atoms with Gasteiger partial charge in [-0.1, -0.05) is 64.0 Å². The van der Waals surface area contributed by atoms with Crippen molar-refractivity contribution in [2.75, 3.05) is 11.1 Å². The Morgan fingerprint density at radius 3 is 2.62 bits per heavy atom. The summed E-state index contributed by atoms with van der Waals surface area (Å²) in [4.78, 5) is 21.5. The van der Waals surface area contributed by atoms with Crippen LogP contribution in [0.5, 0.6) is 0 Å². The standard InChI is InChI=1S/C23H27N7O2/c1-13(2)22-28-19(20-21(24)25-12-26-30(20)22)15-8-6-14(7-9-15)10-18(31)27-17-11-16(32-29-17)23(3,4)5/h6-9,11-13H,10H2,1-5H3,(H2,24,25,26)(H,27,29,31)/i10D2. The lowest BCUT2D eigenvalue weighted by molar-refractivity contribution is -0.115. The number of benzene rings is 1. The van der Waals surface area contributed by atoms with Gasteiger partial charge < -0.3 is 15.6 Å². The Balaban J connectivity index is 1.62. The maximum absolute atomic E-state index is 12.7. The van der Waals surface area contributed by atoms with Gasteiger partial charge in [0.05, 0.1) is 6.37 Å². The monoisotopic (exact) mass is 435 g/mol. The molecule has 32 heavy (non-hydrogen) atoms. The normalized spacial score (nSPS) is 13.3. The molecule has 0 saturated carbocycles. The summed E-state index contributed by atoms with van der Waals surface area (Å²) in [5.41, 5.74) is 7.89. The van der Waals surface area contributed by atoms with Crippen molar-refractivity contribution < 1.29 is 12.1 Å². The molecule has 0 spiro atoms. The molecule has 9 heteroatoms. The van der Waals surface area contributed by atoms with Gasteiger partial charge in [-0.2, -0.15) is 5.10 Å². The van der Waals surface area contributed by atoms with Gasteiger partial charge in [0.15, 0.2) is 11.6 Å². The Kier molecular flexibility index (Phi) is 4.78. The minimum Gasteiger partial charge on any atom is -0.382 e. The third-order valence-electron chi connectivity index (χ3n) is 4.91. The van der Waals surface area contributed by atoms with Gasteiger partial charge in [0.2, 0.25) is 5.91 Å². The molecule has 3 N–H and O–H groups in total. The van der Waals surface area contributed by atoms with Gasteiger partial charge in [-0.25, -0.2) is 14.5 Å². The summed E-state index contributed by atoms with van der Waals surface area (Å²) >= 11 is 0. The predicted octanol–water partition coefficient (Wildman–Crippen LogP) is 3.96. The Bertz CT molecular complexity index is 1350.